The number of anilines is 2. The first-order chi connectivity index (χ1) is 20.8. The van der Waals surface area contributed by atoms with Crippen LogP contribution in [0, 0.1) is 11.3 Å². The molecule has 232 valence electrons. The number of carbonyl (C=O) groups is 1. The fraction of sp³-hybridized carbons (Fsp3) is 0.636. The number of amides is 1. The average molecular weight is 590 g/mol. The quantitative estimate of drug-likeness (QED) is 0.142. The van der Waals surface area contributed by atoms with E-state index in [0.29, 0.717) is 29.8 Å². The lowest BCUT2D eigenvalue weighted by atomic mass is 9.83. The summed E-state index contributed by atoms with van der Waals surface area (Å²) >= 11 is 0. The van der Waals surface area contributed by atoms with Crippen molar-refractivity contribution in [2.75, 3.05) is 18.4 Å². The zero-order valence-corrected chi connectivity index (χ0v) is 25.3. The average Bonchev–Trinajstić information content (AvgIpc) is 3.47. The molecule has 2 aromatic rings. The highest BCUT2D eigenvalue weighted by molar-refractivity contribution is 5.86. The Morgan fingerprint density at radius 1 is 1.05 bits per heavy atom. The van der Waals surface area contributed by atoms with Crippen LogP contribution in [0.1, 0.15) is 114 Å². The maximum Gasteiger partial charge on any atom is 0.350 e. The second-order valence-electron chi connectivity index (χ2n) is 13.4. The van der Waals surface area contributed by atoms with Crippen LogP contribution in [0.5, 0.6) is 11.5 Å². The molecule has 0 radical (unpaired) electrons. The number of nitrogens with zero attached hydrogens (tertiary/aromatic N) is 3. The molecule has 4 aliphatic rings. The van der Waals surface area contributed by atoms with Crippen molar-refractivity contribution in [3.05, 3.63) is 40.4 Å². The molecular weight excluding hydrogens is 542 g/mol. The van der Waals surface area contributed by atoms with Crippen LogP contribution in [0.4, 0.5) is 11.5 Å². The standard InChI is InChI=1S/C33H47N7O3/c34-29(35)7-3-1-2-6-22-8-11-25(12-9-22)40-21-28-30(38-32(40)42)37-26-20-24(10-13-27(26)43-28)23-14-18-39(19-15-23)31(41)33(36)16-4-5-17-33/h10,13,20-23,25H,1-9,11-12,14-19,36H2,(H3,34,35)(H,37,38,42). The third-order valence-electron chi connectivity index (χ3n) is 10.3. The van der Waals surface area contributed by atoms with Gasteiger partial charge in [0, 0.05) is 25.6 Å². The summed E-state index contributed by atoms with van der Waals surface area (Å²) in [5.74, 6) is 3.25. The first-order valence-electron chi connectivity index (χ1n) is 16.4. The molecule has 3 fully saturated rings. The van der Waals surface area contributed by atoms with Gasteiger partial charge in [-0.25, -0.2) is 4.79 Å². The van der Waals surface area contributed by atoms with Crippen molar-refractivity contribution in [2.24, 2.45) is 17.4 Å². The van der Waals surface area contributed by atoms with E-state index in [0.717, 1.165) is 102 Å². The van der Waals surface area contributed by atoms with Crippen molar-refractivity contribution in [1.82, 2.24) is 14.5 Å². The van der Waals surface area contributed by atoms with Crippen LogP contribution in [-0.2, 0) is 4.79 Å². The molecule has 1 aromatic carbocycles. The van der Waals surface area contributed by atoms with E-state index in [2.05, 4.69) is 22.4 Å². The Morgan fingerprint density at radius 2 is 1.79 bits per heavy atom. The lowest BCUT2D eigenvalue weighted by Gasteiger charge is -2.37. The van der Waals surface area contributed by atoms with Gasteiger partial charge in [0.25, 0.3) is 0 Å². The van der Waals surface area contributed by atoms with Gasteiger partial charge in [-0.1, -0.05) is 38.2 Å². The maximum absolute atomic E-state index is 13.1. The van der Waals surface area contributed by atoms with Crippen LogP contribution in [0.3, 0.4) is 0 Å². The van der Waals surface area contributed by atoms with Gasteiger partial charge in [-0.2, -0.15) is 4.98 Å². The molecule has 43 heavy (non-hydrogen) atoms. The molecule has 2 aliphatic heterocycles. The largest absolute Gasteiger partial charge is 0.450 e. The second kappa shape index (κ2) is 12.7. The van der Waals surface area contributed by atoms with Crippen molar-refractivity contribution < 1.29 is 9.53 Å². The SMILES string of the molecule is N=C(N)CCCCCC1CCC(n2cc3c(nc2=O)Nc2cc(C4CCN(C(=O)C5(N)CCCC5)CC4)ccc2O3)CC1. The monoisotopic (exact) mass is 589 g/mol. The molecule has 10 nitrogen and oxygen atoms in total. The predicted octanol–water partition coefficient (Wildman–Crippen LogP) is 5.69. The maximum atomic E-state index is 13.1. The van der Waals surface area contributed by atoms with E-state index < -0.39 is 5.54 Å². The summed E-state index contributed by atoms with van der Waals surface area (Å²) < 4.78 is 8.03. The van der Waals surface area contributed by atoms with Crippen LogP contribution >= 0.6 is 0 Å². The third kappa shape index (κ3) is 6.59. The molecule has 10 heteroatoms. The van der Waals surface area contributed by atoms with Crippen molar-refractivity contribution >= 4 is 23.2 Å². The molecule has 1 amide bonds. The lowest BCUT2D eigenvalue weighted by molar-refractivity contribution is -0.137. The van der Waals surface area contributed by atoms with Crippen molar-refractivity contribution in [2.45, 2.75) is 114 Å². The van der Waals surface area contributed by atoms with Crippen LogP contribution in [0.15, 0.2) is 29.2 Å². The number of piperidine rings is 1. The number of aromatic nitrogens is 2. The van der Waals surface area contributed by atoms with Gasteiger partial charge in [0.1, 0.15) is 0 Å². The van der Waals surface area contributed by atoms with Gasteiger partial charge in [-0.15, -0.1) is 0 Å². The fourth-order valence-corrected chi connectivity index (χ4v) is 7.70. The summed E-state index contributed by atoms with van der Waals surface area (Å²) in [7, 11) is 0. The zero-order valence-electron chi connectivity index (χ0n) is 25.3. The van der Waals surface area contributed by atoms with E-state index >= 15 is 0 Å². The smallest absolute Gasteiger partial charge is 0.350 e. The van der Waals surface area contributed by atoms with Gasteiger partial charge in [0.2, 0.25) is 5.91 Å². The van der Waals surface area contributed by atoms with E-state index in [9.17, 15) is 9.59 Å². The summed E-state index contributed by atoms with van der Waals surface area (Å²) in [6.45, 7) is 1.47. The molecular formula is C33H47N7O3. The summed E-state index contributed by atoms with van der Waals surface area (Å²) in [4.78, 5) is 32.5. The van der Waals surface area contributed by atoms with Crippen molar-refractivity contribution in [3.8, 4) is 11.5 Å². The van der Waals surface area contributed by atoms with Gasteiger partial charge in [0.05, 0.1) is 23.3 Å². The third-order valence-corrected chi connectivity index (χ3v) is 10.3. The highest BCUT2D eigenvalue weighted by Crippen LogP contribution is 2.43. The summed E-state index contributed by atoms with van der Waals surface area (Å²) in [6, 6.07) is 6.38. The number of nitrogens with two attached hydrogens (primary N) is 2. The Kier molecular flexibility index (Phi) is 8.75. The number of likely N-dealkylation sites (tertiary alicyclic amines) is 1. The number of ether oxygens (including phenoxy) is 1. The van der Waals surface area contributed by atoms with Crippen molar-refractivity contribution in [1.29, 1.82) is 5.41 Å². The highest BCUT2D eigenvalue weighted by atomic mass is 16.5. The Labute approximate surface area is 254 Å². The second-order valence-corrected chi connectivity index (χ2v) is 13.4. The summed E-state index contributed by atoms with van der Waals surface area (Å²) in [5.41, 5.74) is 13.0. The summed E-state index contributed by atoms with van der Waals surface area (Å²) in [5, 5.41) is 10.7. The van der Waals surface area contributed by atoms with Crippen molar-refractivity contribution in [3.63, 3.8) is 0 Å². The topological polar surface area (TPSA) is 152 Å². The highest BCUT2D eigenvalue weighted by Gasteiger charge is 2.41. The van der Waals surface area contributed by atoms with E-state index in [1.807, 2.05) is 17.2 Å². The van der Waals surface area contributed by atoms with Crippen LogP contribution in [0.2, 0.25) is 0 Å². The number of benzene rings is 1. The number of amidine groups is 1. The summed E-state index contributed by atoms with van der Waals surface area (Å²) in [6.07, 6.45) is 16.7. The number of nitrogens with one attached hydrogen (secondary N) is 2. The molecule has 6 rings (SSSR count). The molecule has 1 aromatic heterocycles. The first-order valence-corrected chi connectivity index (χ1v) is 16.4. The molecule has 0 unspecified atom stereocenters. The van der Waals surface area contributed by atoms with Crippen LogP contribution < -0.4 is 27.2 Å². The fourth-order valence-electron chi connectivity index (χ4n) is 7.70. The Morgan fingerprint density at radius 3 is 2.51 bits per heavy atom. The lowest BCUT2D eigenvalue weighted by Crippen LogP contribution is -2.55. The Balaban J connectivity index is 1.03. The molecule has 0 bridgehead atoms. The number of hydrogen-bond donors (Lipinski definition) is 4. The minimum absolute atomic E-state index is 0.128. The minimum atomic E-state index is -0.656. The Bertz CT molecular complexity index is 1380. The predicted molar refractivity (Wildman–Crippen MR) is 168 cm³/mol. The molecule has 3 heterocycles. The van der Waals surface area contributed by atoms with E-state index in [1.165, 1.54) is 18.4 Å². The Hall–Kier alpha value is -3.40. The number of carbonyl (C=O) groups excluding carboxylic acids is 1. The van der Waals surface area contributed by atoms with Gasteiger partial charge in [-0.05, 0) is 87.3 Å². The van der Waals surface area contributed by atoms with Crippen LogP contribution in [0.25, 0.3) is 0 Å². The first kappa shape index (κ1) is 29.7. The molecule has 0 spiro atoms. The van der Waals surface area contributed by atoms with E-state index in [1.54, 1.807) is 4.57 Å². The number of fused-ring (bicyclic) bond motifs is 2. The molecule has 1 saturated heterocycles. The molecule has 6 N–H and O–H groups in total. The zero-order chi connectivity index (χ0) is 30.0. The number of rotatable bonds is 9. The number of hydrogen-bond acceptors (Lipinski definition) is 7. The van der Waals surface area contributed by atoms with Gasteiger partial charge >= 0.3 is 5.69 Å². The minimum Gasteiger partial charge on any atom is -0.450 e. The van der Waals surface area contributed by atoms with Gasteiger partial charge in [-0.3, -0.25) is 14.8 Å². The molecule has 2 saturated carbocycles. The van der Waals surface area contributed by atoms with Gasteiger partial charge < -0.3 is 26.4 Å². The normalized spacial score (nSPS) is 23.1. The van der Waals surface area contributed by atoms with Crippen LogP contribution in [-0.4, -0.2) is 44.8 Å². The van der Waals surface area contributed by atoms with E-state index in [-0.39, 0.29) is 23.5 Å². The number of unbranched alkanes of at least 4 members (excludes halogenated alkanes) is 2. The molecule has 2 aliphatic carbocycles. The molecule has 0 atom stereocenters. The van der Waals surface area contributed by atoms with E-state index in [4.69, 9.17) is 21.6 Å². The van der Waals surface area contributed by atoms with Gasteiger partial charge in [0.15, 0.2) is 17.3 Å².